The maximum Gasteiger partial charge on any atom is 0.306 e. The van der Waals surface area contributed by atoms with Crippen LogP contribution in [0.1, 0.15) is 380 Å². The average Bonchev–Trinajstić information content (AvgIpc) is 3.43. The summed E-state index contributed by atoms with van der Waals surface area (Å²) >= 11 is 0. The predicted molar refractivity (Wildman–Crippen MR) is 335 cm³/mol. The molecule has 0 aromatic heterocycles. The third kappa shape index (κ3) is 64.3. The van der Waals surface area contributed by atoms with E-state index in [9.17, 15) is 14.4 Å². The molecule has 0 aliphatic heterocycles. The van der Waals surface area contributed by atoms with Crippen molar-refractivity contribution < 1.29 is 28.6 Å². The van der Waals surface area contributed by atoms with Crippen molar-refractivity contribution in [2.24, 2.45) is 0 Å². The smallest absolute Gasteiger partial charge is 0.306 e. The van der Waals surface area contributed by atoms with Crippen molar-refractivity contribution in [2.75, 3.05) is 13.2 Å². The highest BCUT2D eigenvalue weighted by atomic mass is 16.6. The van der Waals surface area contributed by atoms with E-state index in [0.29, 0.717) is 19.3 Å². The van der Waals surface area contributed by atoms with Gasteiger partial charge >= 0.3 is 17.9 Å². The first-order valence-electron chi connectivity index (χ1n) is 34.5. The van der Waals surface area contributed by atoms with E-state index in [1.165, 1.54) is 257 Å². The monoisotopic (exact) mass is 1080 g/mol. The lowest BCUT2D eigenvalue weighted by Gasteiger charge is -2.18. The van der Waals surface area contributed by atoms with Crippen LogP contribution < -0.4 is 0 Å². The van der Waals surface area contributed by atoms with Crippen LogP contribution in [0, 0.1) is 0 Å². The van der Waals surface area contributed by atoms with Gasteiger partial charge < -0.3 is 14.2 Å². The van der Waals surface area contributed by atoms with Crippen molar-refractivity contribution in [3.63, 3.8) is 0 Å². The van der Waals surface area contributed by atoms with E-state index in [4.69, 9.17) is 14.2 Å². The van der Waals surface area contributed by atoms with Gasteiger partial charge in [0, 0.05) is 19.3 Å². The number of hydrogen-bond acceptors (Lipinski definition) is 6. The summed E-state index contributed by atoms with van der Waals surface area (Å²) in [5.74, 6) is -0.866. The summed E-state index contributed by atoms with van der Waals surface area (Å²) in [5.41, 5.74) is 0. The Hall–Kier alpha value is -2.37. The quantitative estimate of drug-likeness (QED) is 0.0261. The second kappa shape index (κ2) is 66.1. The summed E-state index contributed by atoms with van der Waals surface area (Å²) in [6.45, 7) is 6.67. The van der Waals surface area contributed by atoms with Gasteiger partial charge in [0.05, 0.1) is 0 Å². The molecule has 0 aromatic carbocycles. The molecule has 0 heterocycles. The largest absolute Gasteiger partial charge is 0.462 e. The molecule has 6 nitrogen and oxygen atoms in total. The number of esters is 3. The fourth-order valence-electron chi connectivity index (χ4n) is 10.5. The van der Waals surface area contributed by atoms with Crippen molar-refractivity contribution in [1.82, 2.24) is 0 Å². The molecular formula is C71H132O6. The van der Waals surface area contributed by atoms with E-state index in [2.05, 4.69) is 57.2 Å². The van der Waals surface area contributed by atoms with E-state index >= 15 is 0 Å². The zero-order valence-corrected chi connectivity index (χ0v) is 52.0. The van der Waals surface area contributed by atoms with Gasteiger partial charge in [-0.05, 0) is 57.8 Å². The fourth-order valence-corrected chi connectivity index (χ4v) is 10.5. The third-order valence-corrected chi connectivity index (χ3v) is 15.6. The molecule has 1 atom stereocenters. The van der Waals surface area contributed by atoms with Gasteiger partial charge in [0.25, 0.3) is 0 Å². The van der Waals surface area contributed by atoms with E-state index in [0.717, 1.165) is 83.5 Å². The van der Waals surface area contributed by atoms with Gasteiger partial charge in [0.2, 0.25) is 0 Å². The summed E-state index contributed by atoms with van der Waals surface area (Å²) in [6.07, 6.45) is 81.6. The second-order valence-corrected chi connectivity index (χ2v) is 23.5. The third-order valence-electron chi connectivity index (χ3n) is 15.6. The van der Waals surface area contributed by atoms with Crippen LogP contribution >= 0.6 is 0 Å². The molecular weight excluding hydrogens is 949 g/mol. The maximum absolute atomic E-state index is 12.9. The molecule has 0 radical (unpaired) electrons. The Kier molecular flexibility index (Phi) is 64.1. The van der Waals surface area contributed by atoms with E-state index in [-0.39, 0.29) is 31.1 Å². The number of rotatable bonds is 64. The molecule has 0 rings (SSSR count). The van der Waals surface area contributed by atoms with E-state index < -0.39 is 6.10 Å². The van der Waals surface area contributed by atoms with Crippen LogP contribution in [0.2, 0.25) is 0 Å². The molecule has 0 spiro atoms. The zero-order valence-electron chi connectivity index (χ0n) is 52.0. The fraction of sp³-hybridized carbons (Fsp3) is 0.873. The standard InChI is InChI=1S/C71H132O6/c1-4-7-10-13-16-19-22-25-28-31-33-35-37-40-43-46-49-52-55-58-61-64-70(73)76-67-68(66-75-69(72)63-60-57-54-51-48-45-42-39-30-27-24-21-18-15-12-9-6-3)77-71(74)65-62-59-56-53-50-47-44-41-38-36-34-32-29-26-23-20-17-14-11-8-5-2/h18,21,27,30,42,45,68H,4-17,19-20,22-26,28-29,31-41,43-44,46-67H2,1-3H3/b21-18-,30-27-,45-42-/t68-/m1/s1. The molecule has 0 bridgehead atoms. The van der Waals surface area contributed by atoms with Crippen LogP contribution in [0.4, 0.5) is 0 Å². The molecule has 77 heavy (non-hydrogen) atoms. The lowest BCUT2D eigenvalue weighted by molar-refractivity contribution is -0.167. The molecule has 0 saturated heterocycles. The highest BCUT2D eigenvalue weighted by Gasteiger charge is 2.19. The van der Waals surface area contributed by atoms with Gasteiger partial charge in [-0.1, -0.05) is 340 Å². The molecule has 452 valence electrons. The Morgan fingerprint density at radius 3 is 0.753 bits per heavy atom. The second-order valence-electron chi connectivity index (χ2n) is 23.5. The van der Waals surface area contributed by atoms with E-state index in [1.807, 2.05) is 0 Å². The number of hydrogen-bond donors (Lipinski definition) is 0. The molecule has 0 fully saturated rings. The Balaban J connectivity index is 4.32. The summed E-state index contributed by atoms with van der Waals surface area (Å²) < 4.78 is 17.0. The summed E-state index contributed by atoms with van der Waals surface area (Å²) in [6, 6.07) is 0. The average molecular weight is 1080 g/mol. The summed E-state index contributed by atoms with van der Waals surface area (Å²) in [4.78, 5) is 38.4. The SMILES string of the molecule is CCCCC/C=C\C/C=C\C/C=C\CCCCCCC(=O)OC[C@H](COC(=O)CCCCCCCCCCCCCCCCCCCCCCC)OC(=O)CCCCCCCCCCCCCCCCCCCCCCC. The van der Waals surface area contributed by atoms with Crippen LogP contribution in [-0.4, -0.2) is 37.2 Å². The minimum Gasteiger partial charge on any atom is -0.462 e. The number of ether oxygens (including phenoxy) is 3. The van der Waals surface area contributed by atoms with Crippen molar-refractivity contribution in [3.05, 3.63) is 36.5 Å². The van der Waals surface area contributed by atoms with Gasteiger partial charge in [-0.15, -0.1) is 0 Å². The Morgan fingerprint density at radius 1 is 0.260 bits per heavy atom. The zero-order chi connectivity index (χ0) is 55.7. The van der Waals surface area contributed by atoms with Gasteiger partial charge in [-0.25, -0.2) is 0 Å². The first kappa shape index (κ1) is 74.6. The summed E-state index contributed by atoms with van der Waals surface area (Å²) in [7, 11) is 0. The van der Waals surface area contributed by atoms with Crippen molar-refractivity contribution in [3.8, 4) is 0 Å². The molecule has 0 unspecified atom stereocenters. The highest BCUT2D eigenvalue weighted by molar-refractivity contribution is 5.71. The van der Waals surface area contributed by atoms with Crippen molar-refractivity contribution in [2.45, 2.75) is 386 Å². The molecule has 0 aromatic rings. The van der Waals surface area contributed by atoms with Gasteiger partial charge in [-0.3, -0.25) is 14.4 Å². The maximum atomic E-state index is 12.9. The van der Waals surface area contributed by atoms with Crippen LogP contribution in [0.3, 0.4) is 0 Å². The van der Waals surface area contributed by atoms with Crippen LogP contribution in [0.15, 0.2) is 36.5 Å². The molecule has 6 heteroatoms. The van der Waals surface area contributed by atoms with Crippen molar-refractivity contribution in [1.29, 1.82) is 0 Å². The number of carbonyl (C=O) groups excluding carboxylic acids is 3. The molecule has 0 saturated carbocycles. The van der Waals surface area contributed by atoms with Gasteiger partial charge in [0.1, 0.15) is 13.2 Å². The molecule has 0 aliphatic rings. The Bertz CT molecular complexity index is 1290. The topological polar surface area (TPSA) is 78.9 Å². The number of carbonyl (C=O) groups is 3. The minimum atomic E-state index is -0.779. The first-order chi connectivity index (χ1) is 38.0. The number of unbranched alkanes of at least 4 members (excludes halogenated alkanes) is 47. The predicted octanol–water partition coefficient (Wildman–Crippen LogP) is 23.6. The van der Waals surface area contributed by atoms with Crippen LogP contribution in [0.25, 0.3) is 0 Å². The molecule has 0 aliphatic carbocycles. The van der Waals surface area contributed by atoms with Crippen molar-refractivity contribution >= 4 is 17.9 Å². The normalized spacial score (nSPS) is 12.2. The Morgan fingerprint density at radius 2 is 0.468 bits per heavy atom. The first-order valence-corrected chi connectivity index (χ1v) is 34.5. The summed E-state index contributed by atoms with van der Waals surface area (Å²) in [5, 5.41) is 0. The van der Waals surface area contributed by atoms with E-state index in [1.54, 1.807) is 0 Å². The van der Waals surface area contributed by atoms with Crippen LogP contribution in [0.5, 0.6) is 0 Å². The minimum absolute atomic E-state index is 0.0735. The molecule has 0 amide bonds. The number of allylic oxidation sites excluding steroid dienone is 6. The molecule has 0 N–H and O–H groups in total. The van der Waals surface area contributed by atoms with Gasteiger partial charge in [0.15, 0.2) is 6.10 Å². The van der Waals surface area contributed by atoms with Gasteiger partial charge in [-0.2, -0.15) is 0 Å². The lowest BCUT2D eigenvalue weighted by atomic mass is 10.0. The van der Waals surface area contributed by atoms with Crippen LogP contribution in [-0.2, 0) is 28.6 Å². The Labute approximate surface area is 480 Å². The highest BCUT2D eigenvalue weighted by Crippen LogP contribution is 2.18. The lowest BCUT2D eigenvalue weighted by Crippen LogP contribution is -2.30.